The molecule has 0 radical (unpaired) electrons. The summed E-state index contributed by atoms with van der Waals surface area (Å²) in [6.45, 7) is 3.20. The monoisotopic (exact) mass is 248 g/mol. The van der Waals surface area contributed by atoms with Crippen LogP contribution >= 0.6 is 0 Å². The number of ether oxygens (including phenoxy) is 1. The van der Waals surface area contributed by atoms with Crippen LogP contribution in [0.15, 0.2) is 6.07 Å². The molecule has 2 aliphatic rings. The predicted octanol–water partition coefficient (Wildman–Crippen LogP) is 1.55. The second-order valence-electron chi connectivity index (χ2n) is 5.10. The molecule has 0 bridgehead atoms. The lowest BCUT2D eigenvalue weighted by molar-refractivity contribution is 0.122. The first-order valence-corrected chi connectivity index (χ1v) is 6.80. The topological polar surface area (TPSA) is 64.3 Å². The summed E-state index contributed by atoms with van der Waals surface area (Å²) < 4.78 is 5.35. The van der Waals surface area contributed by atoms with Crippen LogP contribution in [0.4, 0.5) is 11.8 Å². The van der Waals surface area contributed by atoms with E-state index in [1.165, 1.54) is 25.7 Å². The Morgan fingerprint density at radius 1 is 1.17 bits per heavy atom. The Labute approximate surface area is 107 Å². The summed E-state index contributed by atoms with van der Waals surface area (Å²) in [4.78, 5) is 11.2. The Balaban J connectivity index is 1.84. The number of anilines is 2. The van der Waals surface area contributed by atoms with Crippen molar-refractivity contribution in [3.8, 4) is 0 Å². The van der Waals surface area contributed by atoms with Gasteiger partial charge in [-0.15, -0.1) is 0 Å². The van der Waals surface area contributed by atoms with Crippen LogP contribution in [-0.4, -0.2) is 36.3 Å². The molecule has 1 aliphatic heterocycles. The zero-order chi connectivity index (χ0) is 12.4. The fraction of sp³-hybridized carbons (Fsp3) is 0.692. The molecule has 0 atom stereocenters. The van der Waals surface area contributed by atoms with Crippen LogP contribution in [0.25, 0.3) is 0 Å². The van der Waals surface area contributed by atoms with Crippen LogP contribution in [-0.2, 0) is 4.74 Å². The van der Waals surface area contributed by atoms with E-state index in [0.29, 0.717) is 11.7 Å². The summed E-state index contributed by atoms with van der Waals surface area (Å²) in [7, 11) is 0. The molecule has 1 aromatic heterocycles. The lowest BCUT2D eigenvalue weighted by Gasteiger charge is -2.27. The van der Waals surface area contributed by atoms with Crippen LogP contribution in [0.1, 0.15) is 37.3 Å². The number of hydrogen-bond acceptors (Lipinski definition) is 5. The first-order chi connectivity index (χ1) is 8.83. The van der Waals surface area contributed by atoms with E-state index in [1.54, 1.807) is 0 Å². The van der Waals surface area contributed by atoms with Gasteiger partial charge in [0, 0.05) is 25.1 Å². The molecule has 5 nitrogen and oxygen atoms in total. The second-order valence-corrected chi connectivity index (χ2v) is 5.10. The molecule has 5 heteroatoms. The van der Waals surface area contributed by atoms with E-state index < -0.39 is 0 Å². The molecule has 2 N–H and O–H groups in total. The van der Waals surface area contributed by atoms with Gasteiger partial charge in [0.1, 0.15) is 5.82 Å². The average molecular weight is 248 g/mol. The highest BCUT2D eigenvalue weighted by molar-refractivity contribution is 5.41. The summed E-state index contributed by atoms with van der Waals surface area (Å²) in [5.41, 5.74) is 7.05. The highest BCUT2D eigenvalue weighted by atomic mass is 16.5. The molecule has 0 amide bonds. The van der Waals surface area contributed by atoms with Crippen molar-refractivity contribution < 1.29 is 4.74 Å². The lowest BCUT2D eigenvalue weighted by Crippen LogP contribution is -2.37. The van der Waals surface area contributed by atoms with Gasteiger partial charge in [0.25, 0.3) is 0 Å². The molecular formula is C13H20N4O. The van der Waals surface area contributed by atoms with Gasteiger partial charge in [-0.2, -0.15) is 4.98 Å². The van der Waals surface area contributed by atoms with E-state index in [2.05, 4.69) is 9.88 Å². The van der Waals surface area contributed by atoms with Gasteiger partial charge < -0.3 is 15.4 Å². The molecule has 1 aliphatic carbocycles. The van der Waals surface area contributed by atoms with Crippen molar-refractivity contribution in [2.24, 2.45) is 0 Å². The van der Waals surface area contributed by atoms with Crippen LogP contribution in [0.2, 0.25) is 0 Å². The summed E-state index contributed by atoms with van der Waals surface area (Å²) in [6, 6.07) is 1.94. The predicted molar refractivity (Wildman–Crippen MR) is 70.7 cm³/mol. The number of nitrogen functional groups attached to an aromatic ring is 1. The standard InChI is InChI=1S/C13H20N4O/c14-12-9-11(10-3-1-2-4-10)15-13(16-12)17-5-7-18-8-6-17/h9-10H,1-8H2,(H2,14,15,16). The normalized spacial score (nSPS) is 21.4. The first kappa shape index (κ1) is 11.7. The Hall–Kier alpha value is -1.36. The van der Waals surface area contributed by atoms with E-state index in [0.717, 1.165) is 37.9 Å². The van der Waals surface area contributed by atoms with Gasteiger partial charge in [0.05, 0.1) is 18.9 Å². The van der Waals surface area contributed by atoms with E-state index in [9.17, 15) is 0 Å². The molecule has 1 saturated carbocycles. The molecule has 3 rings (SSSR count). The zero-order valence-electron chi connectivity index (χ0n) is 10.6. The van der Waals surface area contributed by atoms with Gasteiger partial charge in [-0.05, 0) is 12.8 Å². The zero-order valence-corrected chi connectivity index (χ0v) is 10.6. The average Bonchev–Trinajstić information content (AvgIpc) is 2.93. The molecular weight excluding hydrogens is 228 g/mol. The molecule has 0 unspecified atom stereocenters. The van der Waals surface area contributed by atoms with Crippen LogP contribution in [0, 0.1) is 0 Å². The third kappa shape index (κ3) is 2.41. The number of rotatable bonds is 2. The van der Waals surface area contributed by atoms with E-state index in [-0.39, 0.29) is 0 Å². The quantitative estimate of drug-likeness (QED) is 0.860. The van der Waals surface area contributed by atoms with Gasteiger partial charge in [-0.1, -0.05) is 12.8 Å². The van der Waals surface area contributed by atoms with Gasteiger partial charge in [-0.25, -0.2) is 4.98 Å². The minimum atomic E-state index is 0.579. The fourth-order valence-corrected chi connectivity index (χ4v) is 2.81. The minimum absolute atomic E-state index is 0.579. The number of hydrogen-bond donors (Lipinski definition) is 1. The number of aromatic nitrogens is 2. The Morgan fingerprint density at radius 3 is 2.61 bits per heavy atom. The summed E-state index contributed by atoms with van der Waals surface area (Å²) in [5.74, 6) is 1.95. The molecule has 18 heavy (non-hydrogen) atoms. The summed E-state index contributed by atoms with van der Waals surface area (Å²) in [6.07, 6.45) is 5.08. The number of nitrogens with zero attached hydrogens (tertiary/aromatic N) is 3. The lowest BCUT2D eigenvalue weighted by atomic mass is 10.0. The number of morpholine rings is 1. The van der Waals surface area contributed by atoms with Crippen molar-refractivity contribution in [1.82, 2.24) is 9.97 Å². The Morgan fingerprint density at radius 2 is 1.89 bits per heavy atom. The van der Waals surface area contributed by atoms with Crippen molar-refractivity contribution in [2.75, 3.05) is 36.9 Å². The van der Waals surface area contributed by atoms with Crippen LogP contribution in [0.3, 0.4) is 0 Å². The fourth-order valence-electron chi connectivity index (χ4n) is 2.81. The van der Waals surface area contributed by atoms with Gasteiger partial charge in [0.15, 0.2) is 0 Å². The molecule has 0 spiro atoms. The third-order valence-corrected chi connectivity index (χ3v) is 3.82. The molecule has 2 fully saturated rings. The van der Waals surface area contributed by atoms with E-state index in [1.807, 2.05) is 6.07 Å². The molecule has 2 heterocycles. The maximum Gasteiger partial charge on any atom is 0.227 e. The largest absolute Gasteiger partial charge is 0.384 e. The van der Waals surface area contributed by atoms with Crippen molar-refractivity contribution in [3.05, 3.63) is 11.8 Å². The van der Waals surface area contributed by atoms with Crippen molar-refractivity contribution in [2.45, 2.75) is 31.6 Å². The maximum atomic E-state index is 5.92. The smallest absolute Gasteiger partial charge is 0.227 e. The van der Waals surface area contributed by atoms with E-state index in [4.69, 9.17) is 15.5 Å². The number of nitrogens with two attached hydrogens (primary N) is 1. The van der Waals surface area contributed by atoms with Crippen LogP contribution in [0.5, 0.6) is 0 Å². The van der Waals surface area contributed by atoms with Gasteiger partial charge in [0.2, 0.25) is 5.95 Å². The minimum Gasteiger partial charge on any atom is -0.384 e. The van der Waals surface area contributed by atoms with Gasteiger partial charge >= 0.3 is 0 Å². The third-order valence-electron chi connectivity index (χ3n) is 3.82. The van der Waals surface area contributed by atoms with Crippen LogP contribution < -0.4 is 10.6 Å². The first-order valence-electron chi connectivity index (χ1n) is 6.80. The summed E-state index contributed by atoms with van der Waals surface area (Å²) in [5, 5.41) is 0. The summed E-state index contributed by atoms with van der Waals surface area (Å²) >= 11 is 0. The molecule has 0 aromatic carbocycles. The van der Waals surface area contributed by atoms with Gasteiger partial charge in [-0.3, -0.25) is 0 Å². The van der Waals surface area contributed by atoms with Crippen molar-refractivity contribution >= 4 is 11.8 Å². The van der Waals surface area contributed by atoms with E-state index >= 15 is 0 Å². The van der Waals surface area contributed by atoms with Crippen molar-refractivity contribution in [3.63, 3.8) is 0 Å². The highest BCUT2D eigenvalue weighted by Gasteiger charge is 2.21. The highest BCUT2D eigenvalue weighted by Crippen LogP contribution is 2.34. The Bertz CT molecular complexity index is 411. The second kappa shape index (κ2) is 5.10. The molecule has 98 valence electrons. The van der Waals surface area contributed by atoms with Crippen molar-refractivity contribution in [1.29, 1.82) is 0 Å². The molecule has 1 saturated heterocycles. The maximum absolute atomic E-state index is 5.92. The molecule has 1 aromatic rings. The Kier molecular flexibility index (Phi) is 3.32. The SMILES string of the molecule is Nc1cc(C2CCCC2)nc(N2CCOCC2)n1.